The fraction of sp³-hybridized carbons (Fsp3) is 0.382. The largest absolute Gasteiger partial charge is 0.756 e. The fourth-order valence-electron chi connectivity index (χ4n) is 6.76. The Morgan fingerprint density at radius 2 is 1.72 bits per heavy atom. The van der Waals surface area contributed by atoms with Gasteiger partial charge in [0.05, 0.1) is 26.1 Å². The maximum atomic E-state index is 13.4. The number of H-pyrrole nitrogens is 1. The number of imidazole rings is 1. The zero-order chi connectivity index (χ0) is 44.1. The number of aliphatic hydroxyl groups is 5. The third-order valence-corrected chi connectivity index (χ3v) is 12.6. The summed E-state index contributed by atoms with van der Waals surface area (Å²) in [4.78, 5) is 66.6. The van der Waals surface area contributed by atoms with Gasteiger partial charge in [-0.15, -0.1) is 0 Å². The maximum Gasteiger partial charge on any atom is 0.478 e. The molecule has 1 saturated heterocycles. The Labute approximate surface area is 342 Å². The number of hydrogen-bond donors (Lipinski definition) is 9. The molecule has 0 spiro atoms. The number of phosphoric acid groups is 2. The highest BCUT2D eigenvalue weighted by molar-refractivity contribution is 7.60. The molecule has 5 heterocycles. The smallest absolute Gasteiger partial charge is 0.478 e. The van der Waals surface area contributed by atoms with E-state index in [0.29, 0.717) is 16.6 Å². The number of aromatic hydroxyl groups is 1. The SMILES string of the molecule is Cc1cc2c(cc1C)[n+](Cc1ccc(O)cc1)c1c(=O)[nH]c(=O)nc-1n2C[C@H](O)[C@H](O)[C@H](O)COP(=O)([O-])OP(=O)(O)OC[C@H]1O[C@@H](n2cnc3c(N)ncnc32)[C@H](O)[C@@H]1O. The second-order valence-electron chi connectivity index (χ2n) is 14.2. The van der Waals surface area contributed by atoms with E-state index in [1.54, 1.807) is 35.8 Å². The van der Waals surface area contributed by atoms with E-state index in [1.165, 1.54) is 27.6 Å². The number of nitrogens with two attached hydrogens (primary N) is 1. The van der Waals surface area contributed by atoms with Crippen LogP contribution >= 0.6 is 15.6 Å². The molecule has 0 radical (unpaired) electrons. The molecule has 326 valence electrons. The van der Waals surface area contributed by atoms with Crippen molar-refractivity contribution in [2.75, 3.05) is 18.9 Å². The number of hydrogen-bond acceptors (Lipinski definition) is 20. The molecule has 0 saturated carbocycles. The summed E-state index contributed by atoms with van der Waals surface area (Å²) in [5.41, 5.74) is 7.07. The number of nitrogens with zero attached hydrogens (tertiary/aromatic N) is 7. The Hall–Kier alpha value is -5.11. The summed E-state index contributed by atoms with van der Waals surface area (Å²) in [7, 11) is -11.4. The second kappa shape index (κ2) is 17.0. The number of fused-ring (bicyclic) bond motifs is 3. The van der Waals surface area contributed by atoms with Crippen LogP contribution in [0.4, 0.5) is 5.82 Å². The second-order valence-corrected chi connectivity index (χ2v) is 17.2. The number of nitrogens with one attached hydrogen (secondary N) is 1. The number of nitrogen functional groups attached to an aromatic ring is 1. The first kappa shape index (κ1) is 44.0. The van der Waals surface area contributed by atoms with Crippen LogP contribution in [-0.2, 0) is 40.3 Å². The lowest BCUT2D eigenvalue weighted by atomic mass is 10.1. The minimum atomic E-state index is -5.84. The first-order valence-electron chi connectivity index (χ1n) is 18.1. The van der Waals surface area contributed by atoms with Crippen LogP contribution in [0.5, 0.6) is 5.75 Å². The number of aryl methyl sites for hydroxylation is 2. The first-order chi connectivity index (χ1) is 28.7. The van der Waals surface area contributed by atoms with Crippen LogP contribution in [0.2, 0.25) is 0 Å². The molecule has 7 rings (SSSR count). The quantitative estimate of drug-likeness (QED) is 0.0294. The molecule has 0 aliphatic carbocycles. The highest BCUT2D eigenvalue weighted by Crippen LogP contribution is 2.58. The summed E-state index contributed by atoms with van der Waals surface area (Å²) in [6, 6.07) is 9.62. The minimum Gasteiger partial charge on any atom is -0.756 e. The number of anilines is 1. The lowest BCUT2D eigenvalue weighted by Crippen LogP contribution is -2.48. The third-order valence-electron chi connectivity index (χ3n) is 9.99. The molecule has 0 bridgehead atoms. The summed E-state index contributed by atoms with van der Waals surface area (Å²) in [5.74, 6) is -0.186. The molecule has 61 heavy (non-hydrogen) atoms. The van der Waals surface area contributed by atoms with Gasteiger partial charge in [-0.3, -0.25) is 23.4 Å². The number of rotatable bonds is 15. The molecule has 2 unspecified atom stereocenters. The molecule has 2 aromatic carbocycles. The van der Waals surface area contributed by atoms with E-state index in [-0.39, 0.29) is 40.8 Å². The number of aliphatic hydroxyl groups excluding tert-OH is 5. The predicted molar refractivity (Wildman–Crippen MR) is 204 cm³/mol. The minimum absolute atomic E-state index is 0.0117. The molecule has 1 fully saturated rings. The van der Waals surface area contributed by atoms with E-state index in [0.717, 1.165) is 17.5 Å². The van der Waals surface area contributed by atoms with E-state index in [1.807, 2.05) is 6.92 Å². The monoisotopic (exact) mass is 891 g/mol. The summed E-state index contributed by atoms with van der Waals surface area (Å²) in [5, 5.41) is 63.7. The Bertz CT molecular complexity index is 2790. The number of benzene rings is 2. The standard InChI is InChI=1S/C34H39N9O16P2/c1-15-7-19-20(8-16(15)2)42(31-25(32(50)40-34(51)39-31)41(19)9-17-3-5-18(44)6-4-17)10-21(45)26(47)22(46)11-56-60(52,53)59-61(54,55)57-12-23-27(48)28(49)33(58-23)43-14-38-24-29(35)36-13-37-30(24)43/h3-8,13-14,21-23,26-28,33,45-49H,9-12H2,1-2H3,(H5-,35,36,37,40,44,50,51,52,53,54,55)/t21-,22+,23+,26-,27+,28+,33+/m0/s1. The van der Waals surface area contributed by atoms with Crippen LogP contribution in [0.25, 0.3) is 33.7 Å². The van der Waals surface area contributed by atoms with Crippen molar-refractivity contribution in [1.82, 2.24) is 34.1 Å². The van der Waals surface area contributed by atoms with E-state index in [4.69, 9.17) is 15.0 Å². The summed E-state index contributed by atoms with van der Waals surface area (Å²) in [6.07, 6.45) is -10.3. The Kier molecular flexibility index (Phi) is 12.2. The van der Waals surface area contributed by atoms with Crippen LogP contribution in [-0.4, -0.2) is 119 Å². The molecule has 10 N–H and O–H groups in total. The highest BCUT2D eigenvalue weighted by Gasteiger charge is 2.46. The molecule has 25 nitrogen and oxygen atoms in total. The number of phosphoric ester groups is 2. The van der Waals surface area contributed by atoms with Crippen molar-refractivity contribution in [2.24, 2.45) is 0 Å². The molecule has 9 atom stereocenters. The lowest BCUT2D eigenvalue weighted by molar-refractivity contribution is -0.652. The molecule has 3 aliphatic heterocycles. The van der Waals surface area contributed by atoms with Crippen molar-refractivity contribution in [2.45, 2.75) is 69.8 Å². The van der Waals surface area contributed by atoms with Gasteiger partial charge >= 0.3 is 24.8 Å². The predicted octanol–water partition coefficient (Wildman–Crippen LogP) is -2.41. The fourth-order valence-corrected chi connectivity index (χ4v) is 8.82. The number of aromatic amines is 1. The van der Waals surface area contributed by atoms with Crippen LogP contribution in [0, 0.1) is 13.8 Å². The Morgan fingerprint density at radius 3 is 2.44 bits per heavy atom. The normalized spacial score (nSPS) is 21.7. The molecule has 3 aliphatic rings. The van der Waals surface area contributed by atoms with E-state index >= 15 is 0 Å². The van der Waals surface area contributed by atoms with Gasteiger partial charge in [0.2, 0.25) is 11.3 Å². The van der Waals surface area contributed by atoms with Crippen LogP contribution in [0.1, 0.15) is 22.9 Å². The van der Waals surface area contributed by atoms with Crippen molar-refractivity contribution in [1.29, 1.82) is 0 Å². The molecule has 27 heteroatoms. The number of ether oxygens (including phenoxy) is 1. The third kappa shape index (κ3) is 9.10. The number of aromatic nitrogens is 8. The Morgan fingerprint density at radius 1 is 1.02 bits per heavy atom. The van der Waals surface area contributed by atoms with E-state index in [9.17, 15) is 59.1 Å². The number of phenolic OH excluding ortho intramolecular Hbond substituents is 1. The van der Waals surface area contributed by atoms with E-state index < -0.39 is 89.5 Å². The van der Waals surface area contributed by atoms with Crippen molar-refractivity contribution in [3.05, 3.63) is 86.6 Å². The summed E-state index contributed by atoms with van der Waals surface area (Å²) in [6.45, 7) is 0.732. The van der Waals surface area contributed by atoms with Gasteiger partial charge in [-0.05, 0) is 55.3 Å². The first-order valence-corrected chi connectivity index (χ1v) is 21.1. The van der Waals surface area contributed by atoms with Gasteiger partial charge in [-0.2, -0.15) is 9.55 Å². The van der Waals surface area contributed by atoms with Crippen LogP contribution in [0.3, 0.4) is 0 Å². The van der Waals surface area contributed by atoms with E-state index in [2.05, 4.69) is 33.8 Å². The molecular formula is C34H39N9O16P2. The Balaban J connectivity index is 1.02. The van der Waals surface area contributed by atoms with Crippen molar-refractivity contribution < 1.29 is 72.2 Å². The van der Waals surface area contributed by atoms with Crippen molar-refractivity contribution >= 4 is 43.7 Å². The topological polar surface area (TPSA) is 377 Å². The summed E-state index contributed by atoms with van der Waals surface area (Å²) < 4.78 is 48.3. The average molecular weight is 892 g/mol. The molecule has 2 aromatic heterocycles. The van der Waals surface area contributed by atoms with Gasteiger partial charge in [-0.25, -0.2) is 28.6 Å². The van der Waals surface area contributed by atoms with Crippen LogP contribution < -0.4 is 26.4 Å². The summed E-state index contributed by atoms with van der Waals surface area (Å²) >= 11 is 0. The zero-order valence-corrected chi connectivity index (χ0v) is 33.7. The van der Waals surface area contributed by atoms with Gasteiger partial charge in [0, 0.05) is 11.6 Å². The van der Waals surface area contributed by atoms with Gasteiger partial charge < -0.3 is 60.0 Å². The number of phenols is 1. The van der Waals surface area contributed by atoms with Gasteiger partial charge in [0.15, 0.2) is 24.2 Å². The maximum absolute atomic E-state index is 13.4. The molecular weight excluding hydrogens is 852 g/mol. The van der Waals surface area contributed by atoms with Gasteiger partial charge in [0.25, 0.3) is 7.82 Å². The van der Waals surface area contributed by atoms with Gasteiger partial charge in [-0.1, -0.05) is 0 Å². The van der Waals surface area contributed by atoms with Crippen molar-refractivity contribution in [3.63, 3.8) is 0 Å². The van der Waals surface area contributed by atoms with Crippen LogP contribution in [0.15, 0.2) is 58.6 Å². The van der Waals surface area contributed by atoms with Gasteiger partial charge in [0.1, 0.15) is 59.7 Å². The highest BCUT2D eigenvalue weighted by atomic mass is 31.3. The zero-order valence-electron chi connectivity index (χ0n) is 31.9. The molecule has 4 aromatic rings. The molecule has 0 amide bonds. The average Bonchev–Trinajstić information content (AvgIpc) is 3.75. The van der Waals surface area contributed by atoms with Crippen molar-refractivity contribution in [3.8, 4) is 17.3 Å². The lowest BCUT2D eigenvalue weighted by Gasteiger charge is -2.29.